The summed E-state index contributed by atoms with van der Waals surface area (Å²) in [5, 5.41) is 18.8. The first-order chi connectivity index (χ1) is 8.67. The molecule has 0 fully saturated rings. The van der Waals surface area contributed by atoms with Gasteiger partial charge >= 0.3 is 0 Å². The van der Waals surface area contributed by atoms with Crippen molar-refractivity contribution in [3.63, 3.8) is 0 Å². The summed E-state index contributed by atoms with van der Waals surface area (Å²) in [6, 6.07) is 0. The van der Waals surface area contributed by atoms with Gasteiger partial charge in [0.15, 0.2) is 0 Å². The highest BCUT2D eigenvalue weighted by Crippen LogP contribution is 2.34. The standard InChI is InChI=1S/C16H34O2/c1-4-7-11-16(6-3,14-18)12-9-8-10-15(5-2)13-17/h15,17-18H,4-14H2,1-3H3. The van der Waals surface area contributed by atoms with E-state index in [0.29, 0.717) is 19.1 Å². The Kier molecular flexibility index (Phi) is 10.8. The first-order valence-corrected chi connectivity index (χ1v) is 7.89. The molecule has 0 heterocycles. The van der Waals surface area contributed by atoms with Crippen LogP contribution in [0.3, 0.4) is 0 Å². The maximum atomic E-state index is 9.66. The first kappa shape index (κ1) is 17.9. The van der Waals surface area contributed by atoms with Crippen LogP contribution in [0.4, 0.5) is 0 Å². The van der Waals surface area contributed by atoms with E-state index in [1.807, 2.05) is 0 Å². The first-order valence-electron chi connectivity index (χ1n) is 7.89. The molecule has 0 rings (SSSR count). The van der Waals surface area contributed by atoms with Crippen LogP contribution in [0.25, 0.3) is 0 Å². The molecule has 0 amide bonds. The van der Waals surface area contributed by atoms with Crippen molar-refractivity contribution in [3.8, 4) is 0 Å². The smallest absolute Gasteiger partial charge is 0.0487 e. The Labute approximate surface area is 114 Å². The number of hydrogen-bond acceptors (Lipinski definition) is 2. The van der Waals surface area contributed by atoms with Crippen molar-refractivity contribution >= 4 is 0 Å². The fourth-order valence-corrected chi connectivity index (χ4v) is 2.66. The molecule has 0 bridgehead atoms. The van der Waals surface area contributed by atoms with Crippen LogP contribution in [0.15, 0.2) is 0 Å². The molecule has 2 nitrogen and oxygen atoms in total. The summed E-state index contributed by atoms with van der Waals surface area (Å²) in [7, 11) is 0. The predicted molar refractivity (Wildman–Crippen MR) is 78.7 cm³/mol. The molecule has 110 valence electrons. The monoisotopic (exact) mass is 258 g/mol. The number of hydrogen-bond donors (Lipinski definition) is 2. The van der Waals surface area contributed by atoms with E-state index in [0.717, 1.165) is 32.1 Å². The molecule has 2 unspecified atom stereocenters. The third kappa shape index (κ3) is 6.75. The summed E-state index contributed by atoms with van der Waals surface area (Å²) in [4.78, 5) is 0. The van der Waals surface area contributed by atoms with E-state index in [2.05, 4.69) is 20.8 Å². The van der Waals surface area contributed by atoms with E-state index in [1.165, 1.54) is 25.7 Å². The minimum atomic E-state index is 0.164. The zero-order valence-corrected chi connectivity index (χ0v) is 12.7. The molecule has 0 spiro atoms. The van der Waals surface area contributed by atoms with Crippen molar-refractivity contribution in [3.05, 3.63) is 0 Å². The normalized spacial score (nSPS) is 16.5. The molecule has 0 aromatic heterocycles. The lowest BCUT2D eigenvalue weighted by atomic mass is 9.76. The van der Waals surface area contributed by atoms with Gasteiger partial charge in [-0.15, -0.1) is 0 Å². The van der Waals surface area contributed by atoms with Gasteiger partial charge in [-0.2, -0.15) is 0 Å². The number of aliphatic hydroxyl groups excluding tert-OH is 2. The molecule has 0 saturated carbocycles. The van der Waals surface area contributed by atoms with E-state index in [4.69, 9.17) is 5.11 Å². The summed E-state index contributed by atoms with van der Waals surface area (Å²) < 4.78 is 0. The molecular formula is C16H34O2. The van der Waals surface area contributed by atoms with Crippen LogP contribution in [0.2, 0.25) is 0 Å². The summed E-state index contributed by atoms with van der Waals surface area (Å²) in [5.41, 5.74) is 0.164. The summed E-state index contributed by atoms with van der Waals surface area (Å²) >= 11 is 0. The minimum absolute atomic E-state index is 0.164. The molecule has 2 N–H and O–H groups in total. The van der Waals surface area contributed by atoms with E-state index >= 15 is 0 Å². The lowest BCUT2D eigenvalue weighted by Gasteiger charge is -2.31. The van der Waals surface area contributed by atoms with E-state index < -0.39 is 0 Å². The predicted octanol–water partition coefficient (Wildman–Crippen LogP) is 4.14. The van der Waals surface area contributed by atoms with Crippen molar-refractivity contribution in [1.82, 2.24) is 0 Å². The number of aliphatic hydroxyl groups is 2. The molecule has 0 aromatic carbocycles. The van der Waals surface area contributed by atoms with Gasteiger partial charge in [-0.25, -0.2) is 0 Å². The zero-order valence-electron chi connectivity index (χ0n) is 12.7. The molecule has 0 aliphatic rings. The molecule has 0 aromatic rings. The van der Waals surface area contributed by atoms with Crippen molar-refractivity contribution in [2.45, 2.75) is 78.6 Å². The van der Waals surface area contributed by atoms with Gasteiger partial charge in [-0.05, 0) is 37.0 Å². The molecule has 0 radical (unpaired) electrons. The Balaban J connectivity index is 3.96. The fourth-order valence-electron chi connectivity index (χ4n) is 2.66. The van der Waals surface area contributed by atoms with Crippen LogP contribution in [0.1, 0.15) is 78.6 Å². The van der Waals surface area contributed by atoms with Crippen LogP contribution in [0, 0.1) is 11.3 Å². The van der Waals surface area contributed by atoms with Gasteiger partial charge in [-0.3, -0.25) is 0 Å². The average Bonchev–Trinajstić information content (AvgIpc) is 2.43. The van der Waals surface area contributed by atoms with E-state index in [-0.39, 0.29) is 5.41 Å². The summed E-state index contributed by atoms with van der Waals surface area (Å²) in [6.45, 7) is 7.22. The maximum Gasteiger partial charge on any atom is 0.0487 e. The molecule has 0 aliphatic carbocycles. The topological polar surface area (TPSA) is 40.5 Å². The second kappa shape index (κ2) is 10.8. The van der Waals surface area contributed by atoms with Crippen LogP contribution < -0.4 is 0 Å². The van der Waals surface area contributed by atoms with Crippen molar-refractivity contribution < 1.29 is 10.2 Å². The highest BCUT2D eigenvalue weighted by molar-refractivity contribution is 4.77. The Morgan fingerprint density at radius 1 is 0.944 bits per heavy atom. The van der Waals surface area contributed by atoms with Gasteiger partial charge in [0.2, 0.25) is 0 Å². The van der Waals surface area contributed by atoms with Crippen LogP contribution in [-0.2, 0) is 0 Å². The quantitative estimate of drug-likeness (QED) is 0.516. The van der Waals surface area contributed by atoms with Crippen molar-refractivity contribution in [1.29, 1.82) is 0 Å². The number of unbranched alkanes of at least 4 members (excludes halogenated alkanes) is 2. The molecular weight excluding hydrogens is 224 g/mol. The lowest BCUT2D eigenvalue weighted by molar-refractivity contribution is 0.0934. The molecule has 2 heteroatoms. The second-order valence-corrected chi connectivity index (χ2v) is 5.82. The fraction of sp³-hybridized carbons (Fsp3) is 1.00. The van der Waals surface area contributed by atoms with E-state index in [1.54, 1.807) is 0 Å². The highest BCUT2D eigenvalue weighted by Gasteiger charge is 2.25. The lowest BCUT2D eigenvalue weighted by Crippen LogP contribution is -2.24. The van der Waals surface area contributed by atoms with Gasteiger partial charge in [-0.1, -0.05) is 52.9 Å². The van der Waals surface area contributed by atoms with Crippen LogP contribution in [-0.4, -0.2) is 23.4 Å². The molecule has 0 aliphatic heterocycles. The maximum absolute atomic E-state index is 9.66. The minimum Gasteiger partial charge on any atom is -0.396 e. The number of rotatable bonds is 12. The van der Waals surface area contributed by atoms with E-state index in [9.17, 15) is 5.11 Å². The van der Waals surface area contributed by atoms with Crippen molar-refractivity contribution in [2.24, 2.45) is 11.3 Å². The van der Waals surface area contributed by atoms with Crippen LogP contribution >= 0.6 is 0 Å². The van der Waals surface area contributed by atoms with Crippen LogP contribution in [0.5, 0.6) is 0 Å². The summed E-state index contributed by atoms with van der Waals surface area (Å²) in [5.74, 6) is 0.478. The second-order valence-electron chi connectivity index (χ2n) is 5.82. The van der Waals surface area contributed by atoms with Gasteiger partial charge in [0.05, 0.1) is 0 Å². The highest BCUT2D eigenvalue weighted by atomic mass is 16.3. The third-order valence-corrected chi connectivity index (χ3v) is 4.55. The average molecular weight is 258 g/mol. The molecule has 2 atom stereocenters. The largest absolute Gasteiger partial charge is 0.396 e. The molecule has 18 heavy (non-hydrogen) atoms. The SMILES string of the molecule is CCCCC(CC)(CO)CCCCC(CC)CO. The van der Waals surface area contributed by atoms with Crippen molar-refractivity contribution in [2.75, 3.05) is 13.2 Å². The zero-order chi connectivity index (χ0) is 13.9. The Hall–Kier alpha value is -0.0800. The van der Waals surface area contributed by atoms with Gasteiger partial charge in [0.1, 0.15) is 0 Å². The van der Waals surface area contributed by atoms with Gasteiger partial charge in [0.25, 0.3) is 0 Å². The Morgan fingerprint density at radius 3 is 2.06 bits per heavy atom. The van der Waals surface area contributed by atoms with Gasteiger partial charge in [0, 0.05) is 13.2 Å². The Morgan fingerprint density at radius 2 is 1.61 bits per heavy atom. The Bertz CT molecular complexity index is 172. The summed E-state index contributed by atoms with van der Waals surface area (Å²) in [6.07, 6.45) is 10.4. The van der Waals surface area contributed by atoms with Gasteiger partial charge < -0.3 is 10.2 Å². The third-order valence-electron chi connectivity index (χ3n) is 4.55. The molecule has 0 saturated heterocycles.